The number of benzene rings is 2. The lowest BCUT2D eigenvalue weighted by molar-refractivity contribution is 0.102. The third-order valence-electron chi connectivity index (χ3n) is 4.45. The lowest BCUT2D eigenvalue weighted by atomic mass is 10.1. The number of nitrogens with one attached hydrogen (secondary N) is 1. The largest absolute Gasteiger partial charge is 0.493 e. The molecule has 8 heteroatoms. The molecule has 0 bridgehead atoms. The van der Waals surface area contributed by atoms with Crippen molar-refractivity contribution in [2.75, 3.05) is 26.6 Å². The van der Waals surface area contributed by atoms with E-state index in [1.807, 2.05) is 6.92 Å². The molecule has 0 atom stereocenters. The lowest BCUT2D eigenvalue weighted by Crippen LogP contribution is -2.15. The average Bonchev–Trinajstić information content (AvgIpc) is 3.06. The van der Waals surface area contributed by atoms with Crippen LogP contribution in [0.2, 0.25) is 0 Å². The maximum atomic E-state index is 13.9. The topological polar surface area (TPSA) is 74.6 Å². The number of aromatic nitrogens is 2. The molecular formula is C21H22FN3O4. The Kier molecular flexibility index (Phi) is 6.01. The highest BCUT2D eigenvalue weighted by Gasteiger charge is 2.21. The molecule has 7 nitrogen and oxygen atoms in total. The minimum absolute atomic E-state index is 0.256. The lowest BCUT2D eigenvalue weighted by Gasteiger charge is -2.15. The first-order valence-corrected chi connectivity index (χ1v) is 8.86. The molecule has 2 aromatic carbocycles. The maximum Gasteiger partial charge on any atom is 0.260 e. The summed E-state index contributed by atoms with van der Waals surface area (Å²) in [6.07, 6.45) is 0. The molecule has 0 fully saturated rings. The summed E-state index contributed by atoms with van der Waals surface area (Å²) < 4.78 is 31.4. The van der Waals surface area contributed by atoms with Crippen LogP contribution in [0.1, 0.15) is 21.6 Å². The van der Waals surface area contributed by atoms with Gasteiger partial charge in [0.2, 0.25) is 5.75 Å². The number of rotatable bonds is 7. The molecule has 152 valence electrons. The van der Waals surface area contributed by atoms with Crippen LogP contribution in [-0.2, 0) is 6.54 Å². The molecule has 3 rings (SSSR count). The number of hydrogen-bond donors (Lipinski definition) is 1. The minimum Gasteiger partial charge on any atom is -0.493 e. The molecule has 0 aliphatic carbocycles. The number of carbonyl (C=O) groups excluding carboxylic acids is 1. The monoisotopic (exact) mass is 399 g/mol. The third-order valence-corrected chi connectivity index (χ3v) is 4.45. The molecule has 3 aromatic rings. The zero-order chi connectivity index (χ0) is 21.0. The molecule has 1 heterocycles. The van der Waals surface area contributed by atoms with Crippen LogP contribution in [0.25, 0.3) is 0 Å². The number of amides is 1. The van der Waals surface area contributed by atoms with E-state index < -0.39 is 5.91 Å². The Morgan fingerprint density at radius 2 is 1.79 bits per heavy atom. The van der Waals surface area contributed by atoms with Crippen molar-refractivity contribution in [1.29, 1.82) is 0 Å². The summed E-state index contributed by atoms with van der Waals surface area (Å²) in [6, 6.07) is 11.4. The van der Waals surface area contributed by atoms with Gasteiger partial charge in [0.05, 0.1) is 33.4 Å². The number of hydrogen-bond acceptors (Lipinski definition) is 5. The van der Waals surface area contributed by atoms with E-state index in [4.69, 9.17) is 14.2 Å². The molecule has 1 amide bonds. The third kappa shape index (κ3) is 4.16. The molecule has 0 aliphatic heterocycles. The number of carbonyl (C=O) groups is 1. The summed E-state index contributed by atoms with van der Waals surface area (Å²) in [5.74, 6) is 0.656. The Morgan fingerprint density at radius 1 is 1.07 bits per heavy atom. The van der Waals surface area contributed by atoms with Gasteiger partial charge in [-0.2, -0.15) is 5.10 Å². The molecule has 0 aliphatic rings. The second-order valence-electron chi connectivity index (χ2n) is 6.26. The standard InChI is InChI=1S/C21H22FN3O4/c1-13-11-18(24-25(13)12-14-7-5-6-8-16(14)22)23-21(26)15-9-10-17(27-2)20(29-4)19(15)28-3/h5-11H,12H2,1-4H3,(H,23,24,26). The van der Waals surface area contributed by atoms with Gasteiger partial charge in [0.1, 0.15) is 5.82 Å². The Labute approximate surface area is 168 Å². The van der Waals surface area contributed by atoms with Crippen LogP contribution in [0.4, 0.5) is 10.2 Å². The molecule has 0 saturated carbocycles. The van der Waals surface area contributed by atoms with Crippen LogP contribution in [-0.4, -0.2) is 37.0 Å². The van der Waals surface area contributed by atoms with Gasteiger partial charge < -0.3 is 19.5 Å². The van der Waals surface area contributed by atoms with Gasteiger partial charge in [-0.15, -0.1) is 0 Å². The van der Waals surface area contributed by atoms with Crippen molar-refractivity contribution < 1.29 is 23.4 Å². The smallest absolute Gasteiger partial charge is 0.260 e. The highest BCUT2D eigenvalue weighted by Crippen LogP contribution is 2.39. The van der Waals surface area contributed by atoms with Crippen LogP contribution in [0.3, 0.4) is 0 Å². The van der Waals surface area contributed by atoms with Crippen LogP contribution in [0, 0.1) is 12.7 Å². The van der Waals surface area contributed by atoms with Crippen LogP contribution >= 0.6 is 0 Å². The van der Waals surface area contributed by atoms with E-state index in [1.165, 1.54) is 27.4 Å². The summed E-state index contributed by atoms with van der Waals surface area (Å²) in [5.41, 5.74) is 1.56. The van der Waals surface area contributed by atoms with E-state index >= 15 is 0 Å². The Balaban J connectivity index is 1.84. The maximum absolute atomic E-state index is 13.9. The van der Waals surface area contributed by atoms with Crippen molar-refractivity contribution in [2.45, 2.75) is 13.5 Å². The zero-order valence-electron chi connectivity index (χ0n) is 16.7. The van der Waals surface area contributed by atoms with E-state index in [1.54, 1.807) is 41.1 Å². The van der Waals surface area contributed by atoms with Gasteiger partial charge in [-0.1, -0.05) is 18.2 Å². The Bertz CT molecular complexity index is 1030. The average molecular weight is 399 g/mol. The summed E-state index contributed by atoms with van der Waals surface area (Å²) >= 11 is 0. The van der Waals surface area contributed by atoms with Gasteiger partial charge in [-0.25, -0.2) is 4.39 Å². The molecule has 0 saturated heterocycles. The SMILES string of the molecule is COc1ccc(C(=O)Nc2cc(C)n(Cc3ccccc3F)n2)c(OC)c1OC. The fourth-order valence-electron chi connectivity index (χ4n) is 2.98. The van der Waals surface area contributed by atoms with Crippen LogP contribution < -0.4 is 19.5 Å². The normalized spacial score (nSPS) is 10.5. The quantitative estimate of drug-likeness (QED) is 0.656. The fraction of sp³-hybridized carbons (Fsp3) is 0.238. The number of methoxy groups -OCH3 is 3. The van der Waals surface area contributed by atoms with Crippen LogP contribution in [0.5, 0.6) is 17.2 Å². The van der Waals surface area contributed by atoms with Crippen molar-refractivity contribution in [2.24, 2.45) is 0 Å². The van der Waals surface area contributed by atoms with Crippen LogP contribution in [0.15, 0.2) is 42.5 Å². The van der Waals surface area contributed by atoms with Gasteiger partial charge in [0.25, 0.3) is 5.91 Å². The molecule has 0 radical (unpaired) electrons. The summed E-state index contributed by atoms with van der Waals surface area (Å²) in [4.78, 5) is 12.8. The van der Waals surface area contributed by atoms with Crippen molar-refractivity contribution in [3.05, 3.63) is 65.1 Å². The second kappa shape index (κ2) is 8.64. The number of nitrogens with zero attached hydrogens (tertiary/aromatic N) is 2. The molecule has 1 aromatic heterocycles. The fourth-order valence-corrected chi connectivity index (χ4v) is 2.98. The van der Waals surface area contributed by atoms with Crippen molar-refractivity contribution in [3.8, 4) is 17.2 Å². The van der Waals surface area contributed by atoms with E-state index in [-0.39, 0.29) is 23.7 Å². The Hall–Kier alpha value is -3.55. The van der Waals surface area contributed by atoms with Gasteiger partial charge >= 0.3 is 0 Å². The first-order chi connectivity index (χ1) is 14.0. The first-order valence-electron chi connectivity index (χ1n) is 8.86. The molecule has 1 N–H and O–H groups in total. The van der Waals surface area contributed by atoms with E-state index in [9.17, 15) is 9.18 Å². The highest BCUT2D eigenvalue weighted by molar-refractivity contribution is 6.06. The highest BCUT2D eigenvalue weighted by atomic mass is 19.1. The number of anilines is 1. The molecular weight excluding hydrogens is 377 g/mol. The van der Waals surface area contributed by atoms with E-state index in [0.717, 1.165) is 5.69 Å². The predicted molar refractivity (Wildman–Crippen MR) is 107 cm³/mol. The van der Waals surface area contributed by atoms with Gasteiger partial charge in [0.15, 0.2) is 17.3 Å². The molecule has 29 heavy (non-hydrogen) atoms. The number of aryl methyl sites for hydroxylation is 1. The summed E-state index contributed by atoms with van der Waals surface area (Å²) in [6.45, 7) is 2.09. The second-order valence-corrected chi connectivity index (χ2v) is 6.26. The van der Waals surface area contributed by atoms with Gasteiger partial charge in [0, 0.05) is 17.3 Å². The number of ether oxygens (including phenoxy) is 3. The van der Waals surface area contributed by atoms with Gasteiger partial charge in [-0.3, -0.25) is 9.48 Å². The number of halogens is 1. The zero-order valence-corrected chi connectivity index (χ0v) is 16.7. The van der Waals surface area contributed by atoms with E-state index in [0.29, 0.717) is 22.9 Å². The summed E-state index contributed by atoms with van der Waals surface area (Å²) in [7, 11) is 4.42. The minimum atomic E-state index is -0.418. The predicted octanol–water partition coefficient (Wildman–Crippen LogP) is 3.66. The molecule has 0 spiro atoms. The summed E-state index contributed by atoms with van der Waals surface area (Å²) in [5, 5.41) is 7.11. The van der Waals surface area contributed by atoms with Gasteiger partial charge in [-0.05, 0) is 25.1 Å². The first kappa shape index (κ1) is 20.2. The van der Waals surface area contributed by atoms with Crippen molar-refractivity contribution in [3.63, 3.8) is 0 Å². The van der Waals surface area contributed by atoms with E-state index in [2.05, 4.69) is 10.4 Å². The molecule has 0 unspecified atom stereocenters. The Morgan fingerprint density at radius 3 is 2.45 bits per heavy atom. The van der Waals surface area contributed by atoms with Crippen molar-refractivity contribution >= 4 is 11.7 Å². The van der Waals surface area contributed by atoms with Crippen molar-refractivity contribution in [1.82, 2.24) is 9.78 Å².